The quantitative estimate of drug-likeness (QED) is 0.0311. The molecule has 0 bridgehead atoms. The lowest BCUT2D eigenvalue weighted by Gasteiger charge is -2.18. The van der Waals surface area contributed by atoms with E-state index in [1.165, 1.54) is 75.0 Å². The van der Waals surface area contributed by atoms with E-state index in [4.69, 9.17) is 56.2 Å². The minimum Gasteiger partial charge on any atom is -0.396 e. The first-order valence-corrected chi connectivity index (χ1v) is 38.6. The highest BCUT2D eigenvalue weighted by Crippen LogP contribution is 2.29. The van der Waals surface area contributed by atoms with Crippen LogP contribution in [0.4, 0.5) is 39.8 Å². The molecule has 1 atom stereocenters. The summed E-state index contributed by atoms with van der Waals surface area (Å²) in [5, 5.41) is 49.1. The van der Waals surface area contributed by atoms with Crippen molar-refractivity contribution in [3.05, 3.63) is 287 Å². The predicted molar refractivity (Wildman–Crippen MR) is 454 cm³/mol. The van der Waals surface area contributed by atoms with Crippen LogP contribution < -0.4 is 38.9 Å². The van der Waals surface area contributed by atoms with Crippen molar-refractivity contribution in [2.45, 2.75) is 166 Å². The Morgan fingerprint density at radius 2 is 0.893 bits per heavy atom. The van der Waals surface area contributed by atoms with Gasteiger partial charge in [0.1, 0.15) is 11.3 Å². The maximum absolute atomic E-state index is 12.4. The number of aryl methyl sites for hydroxylation is 5. The third-order valence-electron chi connectivity index (χ3n) is 19.9. The van der Waals surface area contributed by atoms with Crippen LogP contribution in [0.15, 0.2) is 89.6 Å². The molecule has 0 spiro atoms. The largest absolute Gasteiger partial charge is 0.396 e. The van der Waals surface area contributed by atoms with Gasteiger partial charge in [-0.1, -0.05) is 47.6 Å². The third kappa shape index (κ3) is 18.2. The second-order valence-corrected chi connectivity index (χ2v) is 28.3. The zero-order valence-corrected chi connectivity index (χ0v) is 69.2. The number of nitrogens with one attached hydrogen (secondary N) is 5. The number of fused-ring (bicyclic) bond motifs is 9. The number of aliphatic hydroxyl groups excluding tert-OH is 3. The highest BCUT2D eigenvalue weighted by Gasteiger charge is 2.25. The van der Waals surface area contributed by atoms with Crippen LogP contribution in [0.2, 0.25) is 0 Å². The van der Waals surface area contributed by atoms with Crippen molar-refractivity contribution in [1.82, 2.24) is 106 Å². The van der Waals surface area contributed by atoms with Gasteiger partial charge in [0.05, 0.1) is 75.9 Å². The average molecular weight is 1640 g/mol. The molecule has 15 heterocycles. The Morgan fingerprint density at radius 3 is 1.31 bits per heavy atom. The Balaban J connectivity index is 0.000000161. The Bertz CT molecular complexity index is 7060. The smallest absolute Gasteiger partial charge is 0.276 e. The van der Waals surface area contributed by atoms with E-state index < -0.39 is 6.10 Å². The SMILES string of the molecule is [C-]#[N+]c1c[nH]n2c(=O)c(CC(C)C)c(C)nc12.[C-]#[N+]c1c[nH]n2c(=O)c(CC)c(C(C)O)nc12.[C-]#[N+]c1c[nH]n2c(=O)c(CC)c(CCCO)nc12.[C-]#[N+]c1c[nH]n2c(=O)c(CC=C)c(C)nc12.[C-]#[N+]c1c[nH]n2c(=O)c(CCO)c(C)nc12.[C-]#[N+]c1cnn2c(=O)c(CC)c(C)n(CCN(C)C)c12.[C-]#[N+]c1cnn2c(=O)c(CC)c3n(c12)CCC3. The fourth-order valence-electron chi connectivity index (χ4n) is 13.9. The lowest BCUT2D eigenvalue weighted by atomic mass is 10.0. The van der Waals surface area contributed by atoms with Crippen LogP contribution in [0, 0.1) is 79.6 Å². The van der Waals surface area contributed by atoms with Gasteiger partial charge >= 0.3 is 0 Å². The Hall–Kier alpha value is -15.1. The van der Waals surface area contributed by atoms with E-state index in [1.54, 1.807) is 26.8 Å². The highest BCUT2D eigenvalue weighted by molar-refractivity contribution is 5.73. The number of aromatic nitrogens is 21. The van der Waals surface area contributed by atoms with E-state index in [0.717, 1.165) is 67.0 Å². The van der Waals surface area contributed by atoms with Gasteiger partial charge in [-0.3, -0.25) is 33.6 Å². The zero-order valence-electron chi connectivity index (χ0n) is 69.2. The van der Waals surface area contributed by atoms with E-state index in [1.807, 2.05) is 60.2 Å². The number of allylic oxidation sites excluding steroid dienone is 1. The molecular formula is C82H91N29O10. The molecule has 0 saturated carbocycles. The molecule has 14 aromatic rings. The van der Waals surface area contributed by atoms with Crippen molar-refractivity contribution in [2.24, 2.45) is 5.92 Å². The molecule has 8 N–H and O–H groups in total. The first kappa shape index (κ1) is 89.9. The van der Waals surface area contributed by atoms with E-state index in [2.05, 4.69) is 124 Å². The molecule has 0 fully saturated rings. The van der Waals surface area contributed by atoms with Crippen LogP contribution in [0.1, 0.15) is 146 Å². The number of hydrogen-bond donors (Lipinski definition) is 8. The first-order valence-electron chi connectivity index (χ1n) is 38.6. The number of aromatic amines is 5. The minimum absolute atomic E-state index is 0.0625. The summed E-state index contributed by atoms with van der Waals surface area (Å²) in [7, 11) is 4.00. The van der Waals surface area contributed by atoms with Gasteiger partial charge in [0.15, 0.2) is 28.2 Å². The summed E-state index contributed by atoms with van der Waals surface area (Å²) in [4.78, 5) is 132. The van der Waals surface area contributed by atoms with Gasteiger partial charge in [0.25, 0.3) is 38.9 Å². The van der Waals surface area contributed by atoms with E-state index in [0.29, 0.717) is 170 Å². The summed E-state index contributed by atoms with van der Waals surface area (Å²) in [6.45, 7) is 75.8. The monoisotopic (exact) mass is 1640 g/mol. The van der Waals surface area contributed by atoms with Crippen molar-refractivity contribution in [3.8, 4) is 0 Å². The first-order chi connectivity index (χ1) is 58.0. The van der Waals surface area contributed by atoms with Crippen LogP contribution in [-0.2, 0) is 70.9 Å². The summed E-state index contributed by atoms with van der Waals surface area (Å²) in [6, 6.07) is 0. The lowest BCUT2D eigenvalue weighted by Crippen LogP contribution is -2.28. The van der Waals surface area contributed by atoms with Gasteiger partial charge in [-0.25, -0.2) is 81.4 Å². The van der Waals surface area contributed by atoms with Gasteiger partial charge in [-0.2, -0.15) is 19.2 Å². The molecule has 0 amide bonds. The Kier molecular flexibility index (Phi) is 29.5. The lowest BCUT2D eigenvalue weighted by molar-refractivity contribution is 0.193. The average Bonchev–Trinajstić information content (AvgIpc) is 1.72. The number of nitrogens with zero attached hydrogens (tertiary/aromatic N) is 24. The predicted octanol–water partition coefficient (Wildman–Crippen LogP) is 9.39. The molecule has 15 rings (SSSR count). The van der Waals surface area contributed by atoms with Crippen molar-refractivity contribution in [2.75, 3.05) is 33.9 Å². The summed E-state index contributed by atoms with van der Waals surface area (Å²) < 4.78 is 13.2. The fourth-order valence-corrected chi connectivity index (χ4v) is 13.9. The topological polar surface area (TPSA) is 424 Å². The second-order valence-electron chi connectivity index (χ2n) is 28.3. The molecular weight excluding hydrogens is 1550 g/mol. The number of H-pyrrole nitrogens is 5. The molecule has 624 valence electrons. The van der Waals surface area contributed by atoms with Crippen LogP contribution in [-0.4, -0.2) is 155 Å². The Labute approximate surface area is 690 Å². The molecule has 121 heavy (non-hydrogen) atoms. The van der Waals surface area contributed by atoms with Crippen LogP contribution in [0.5, 0.6) is 0 Å². The molecule has 14 aromatic heterocycles. The fraction of sp³-hybridized carbons (Fsp3) is 0.378. The van der Waals surface area contributed by atoms with Crippen LogP contribution in [0.25, 0.3) is 73.4 Å². The van der Waals surface area contributed by atoms with E-state index >= 15 is 0 Å². The summed E-state index contributed by atoms with van der Waals surface area (Å²) in [5.74, 6) is 0.400. The summed E-state index contributed by atoms with van der Waals surface area (Å²) >= 11 is 0. The molecule has 1 aliphatic heterocycles. The van der Waals surface area contributed by atoms with Gasteiger partial charge in [0.2, 0.25) is 39.8 Å². The van der Waals surface area contributed by atoms with Gasteiger partial charge in [-0.15, -0.1) is 6.58 Å². The van der Waals surface area contributed by atoms with E-state index in [-0.39, 0.29) is 69.9 Å². The summed E-state index contributed by atoms with van der Waals surface area (Å²) in [5.41, 5.74) is 13.9. The molecule has 1 aliphatic rings. The maximum Gasteiger partial charge on any atom is 0.276 e. The number of hydrogen-bond acceptors (Lipinski definition) is 18. The molecule has 0 radical (unpaired) electrons. The van der Waals surface area contributed by atoms with Crippen LogP contribution in [0.3, 0.4) is 0 Å². The number of aliphatic hydroxyl groups is 3. The van der Waals surface area contributed by atoms with Crippen molar-refractivity contribution >= 4 is 79.3 Å². The number of likely N-dealkylation sites (N-methyl/N-ethyl adjacent to an activating group) is 1. The van der Waals surface area contributed by atoms with Gasteiger partial charge < -0.3 is 54.8 Å². The summed E-state index contributed by atoms with van der Waals surface area (Å²) in [6.07, 6.45) is 18.1. The minimum atomic E-state index is -0.823. The van der Waals surface area contributed by atoms with Crippen molar-refractivity contribution in [3.63, 3.8) is 0 Å². The molecule has 39 heteroatoms. The third-order valence-corrected chi connectivity index (χ3v) is 19.9. The molecule has 1 unspecified atom stereocenters. The Morgan fingerprint density at radius 1 is 0.496 bits per heavy atom. The van der Waals surface area contributed by atoms with Gasteiger partial charge in [0, 0.05) is 138 Å². The van der Waals surface area contributed by atoms with Crippen molar-refractivity contribution < 1.29 is 15.3 Å². The van der Waals surface area contributed by atoms with Crippen LogP contribution >= 0.6 is 0 Å². The highest BCUT2D eigenvalue weighted by atomic mass is 16.3. The van der Waals surface area contributed by atoms with Gasteiger partial charge in [-0.05, 0) is 119 Å². The maximum atomic E-state index is 12.4. The number of rotatable bonds is 17. The zero-order chi connectivity index (χ0) is 88.5. The standard InChI is InChI=1S/C14H19N5O.C12H14N4O2.C12H12N4O.C12H14N4O.C11H12N4O2.C11H10N4O.C10H10N4O2/c1-6-11-10(2)18(8-7-17(4)5)13-12(15-3)9-16-19(13)14(11)20;1-3-8-9(5-4-6-17)15-11-10(13-2)7-14-16(11)12(8)18;1-3-8-10-5-4-6-15(10)11-9(13-2)7-14-16(11)12(8)17;1-7(2)5-9-8(3)15-11-10(13-4)6-14-16(11)12(9)17;1-4-7-9(6(2)16)14-10-8(12-3)5-13-15(10)11(7)17;1-4-5-8-7(2)14-10-9(12-3)6-13-15(10)11(8)16;1-6-7(3-4-15)10(16)14-9(13-6)8(11-2)5-12-14/h9H,6-8H2,1-2,4-5H3;7,14,17H,3-6H2,1H3;7H,3-6H2,1H3;6-7,14H,5H2,1-3H3;5-6,13,16H,4H2,1-2H3;4,6,13H,1,5H2,2H3;5,12,15H,3-4H2,1H3. The molecule has 0 saturated heterocycles. The molecule has 0 aromatic carbocycles. The van der Waals surface area contributed by atoms with Crippen molar-refractivity contribution in [1.29, 1.82) is 0 Å². The molecule has 39 nitrogen and oxygen atoms in total. The second kappa shape index (κ2) is 39.7. The van der Waals surface area contributed by atoms with E-state index in [9.17, 15) is 38.7 Å². The normalized spacial score (nSPS) is 11.5. The molecule has 0 aliphatic carbocycles.